The number of benzene rings is 1. The van der Waals surface area contributed by atoms with Gasteiger partial charge in [0.15, 0.2) is 0 Å². The number of anilines is 1. The zero-order valence-corrected chi connectivity index (χ0v) is 10.6. The SMILES string of the molecule is CCOC(=O)/C(C#N)=N\Nc1ccc2[nH]c(=O)[nH]c2c1. The summed E-state index contributed by atoms with van der Waals surface area (Å²) >= 11 is 0. The van der Waals surface area contributed by atoms with Gasteiger partial charge in [-0.1, -0.05) is 0 Å². The van der Waals surface area contributed by atoms with E-state index in [0.717, 1.165) is 0 Å². The summed E-state index contributed by atoms with van der Waals surface area (Å²) in [6.07, 6.45) is 0. The van der Waals surface area contributed by atoms with Gasteiger partial charge in [-0.3, -0.25) is 5.43 Å². The molecule has 0 saturated carbocycles. The number of ether oxygens (including phenoxy) is 1. The number of imidazole rings is 1. The van der Waals surface area contributed by atoms with Crippen LogP contribution < -0.4 is 11.1 Å². The van der Waals surface area contributed by atoms with E-state index < -0.39 is 5.97 Å². The third kappa shape index (κ3) is 2.84. The molecule has 2 aromatic rings. The fraction of sp³-hybridized carbons (Fsp3) is 0.167. The Bertz CT molecular complexity index is 765. The molecule has 0 atom stereocenters. The van der Waals surface area contributed by atoms with E-state index in [1.807, 2.05) is 0 Å². The molecule has 0 saturated heterocycles. The van der Waals surface area contributed by atoms with Crippen molar-refractivity contribution < 1.29 is 9.53 Å². The largest absolute Gasteiger partial charge is 0.461 e. The first-order valence-corrected chi connectivity index (χ1v) is 5.77. The highest BCUT2D eigenvalue weighted by molar-refractivity contribution is 6.43. The van der Waals surface area contributed by atoms with Gasteiger partial charge in [0, 0.05) is 0 Å². The molecule has 20 heavy (non-hydrogen) atoms. The lowest BCUT2D eigenvalue weighted by Crippen LogP contribution is -2.17. The van der Waals surface area contributed by atoms with Crippen LogP contribution in [-0.4, -0.2) is 28.3 Å². The van der Waals surface area contributed by atoms with Crippen LogP contribution in [0.15, 0.2) is 28.1 Å². The van der Waals surface area contributed by atoms with Gasteiger partial charge in [-0.25, -0.2) is 9.59 Å². The molecular formula is C12H11N5O3. The van der Waals surface area contributed by atoms with Crippen LogP contribution in [0.3, 0.4) is 0 Å². The molecular weight excluding hydrogens is 262 g/mol. The van der Waals surface area contributed by atoms with Gasteiger partial charge < -0.3 is 14.7 Å². The van der Waals surface area contributed by atoms with E-state index in [4.69, 9.17) is 5.26 Å². The van der Waals surface area contributed by atoms with Crippen molar-refractivity contribution in [3.05, 3.63) is 28.7 Å². The van der Waals surface area contributed by atoms with Gasteiger partial charge in [-0.2, -0.15) is 10.4 Å². The molecule has 2 rings (SSSR count). The summed E-state index contributed by atoms with van der Waals surface area (Å²) in [5.41, 5.74) is 3.62. The van der Waals surface area contributed by atoms with E-state index in [9.17, 15) is 9.59 Å². The molecule has 3 N–H and O–H groups in total. The lowest BCUT2D eigenvalue weighted by atomic mass is 10.3. The molecule has 8 heteroatoms. The zero-order valence-electron chi connectivity index (χ0n) is 10.6. The number of carbonyl (C=O) groups excluding carboxylic acids is 1. The van der Waals surface area contributed by atoms with Crippen LogP contribution in [0.25, 0.3) is 11.0 Å². The van der Waals surface area contributed by atoms with Gasteiger partial charge in [0.05, 0.1) is 23.3 Å². The second-order valence-electron chi connectivity index (χ2n) is 3.74. The van der Waals surface area contributed by atoms with Crippen LogP contribution >= 0.6 is 0 Å². The number of aromatic amines is 2. The highest BCUT2D eigenvalue weighted by Crippen LogP contribution is 2.14. The second kappa shape index (κ2) is 5.71. The van der Waals surface area contributed by atoms with Gasteiger partial charge in [-0.05, 0) is 25.1 Å². The van der Waals surface area contributed by atoms with Gasteiger partial charge >= 0.3 is 11.7 Å². The van der Waals surface area contributed by atoms with Crippen molar-refractivity contribution in [2.24, 2.45) is 5.10 Å². The summed E-state index contributed by atoms with van der Waals surface area (Å²) in [6.45, 7) is 1.80. The first-order valence-electron chi connectivity index (χ1n) is 5.77. The maximum absolute atomic E-state index is 11.3. The summed E-state index contributed by atoms with van der Waals surface area (Å²) in [5, 5.41) is 12.5. The molecule has 0 bridgehead atoms. The Hall–Kier alpha value is -3.08. The Labute approximate surface area is 113 Å². The van der Waals surface area contributed by atoms with Gasteiger partial charge in [0.2, 0.25) is 5.71 Å². The first-order chi connectivity index (χ1) is 9.63. The lowest BCUT2D eigenvalue weighted by Gasteiger charge is -2.02. The molecule has 0 unspecified atom stereocenters. The Morgan fingerprint density at radius 2 is 2.20 bits per heavy atom. The normalized spacial score (nSPS) is 11.1. The van der Waals surface area contributed by atoms with Crippen molar-refractivity contribution in [3.8, 4) is 6.07 Å². The van der Waals surface area contributed by atoms with Crippen molar-refractivity contribution in [1.29, 1.82) is 5.26 Å². The van der Waals surface area contributed by atoms with E-state index >= 15 is 0 Å². The molecule has 0 aliphatic carbocycles. The fourth-order valence-corrected chi connectivity index (χ4v) is 1.54. The average Bonchev–Trinajstić information content (AvgIpc) is 2.79. The van der Waals surface area contributed by atoms with Gasteiger partial charge in [-0.15, -0.1) is 0 Å². The highest BCUT2D eigenvalue weighted by Gasteiger charge is 2.11. The van der Waals surface area contributed by atoms with Crippen LogP contribution in [-0.2, 0) is 9.53 Å². The van der Waals surface area contributed by atoms with Crippen molar-refractivity contribution in [2.45, 2.75) is 6.92 Å². The molecule has 0 aliphatic rings. The van der Waals surface area contributed by atoms with Crippen LogP contribution in [0.1, 0.15) is 6.92 Å². The topological polar surface area (TPSA) is 123 Å². The smallest absolute Gasteiger partial charge is 0.369 e. The molecule has 0 amide bonds. The number of H-pyrrole nitrogens is 2. The summed E-state index contributed by atoms with van der Waals surface area (Å²) in [4.78, 5) is 27.6. The average molecular weight is 273 g/mol. The monoisotopic (exact) mass is 273 g/mol. The summed E-state index contributed by atoms with van der Waals surface area (Å²) in [6, 6.07) is 6.59. The molecule has 102 valence electrons. The van der Waals surface area contributed by atoms with E-state index in [1.165, 1.54) is 0 Å². The Kier molecular flexibility index (Phi) is 3.81. The van der Waals surface area contributed by atoms with Crippen molar-refractivity contribution in [1.82, 2.24) is 9.97 Å². The maximum atomic E-state index is 11.3. The third-order valence-corrected chi connectivity index (χ3v) is 2.39. The molecule has 0 radical (unpaired) electrons. The van der Waals surface area contributed by atoms with Crippen molar-refractivity contribution in [2.75, 3.05) is 12.0 Å². The second-order valence-corrected chi connectivity index (χ2v) is 3.74. The number of fused-ring (bicyclic) bond motifs is 1. The number of nitriles is 1. The standard InChI is InChI=1S/C12H11N5O3/c1-2-20-11(18)10(6-13)17-16-7-3-4-8-9(5-7)15-12(19)14-8/h3-5,16H,2H2,1H3,(H2,14,15,19)/b17-10-. The van der Waals surface area contributed by atoms with Crippen LogP contribution in [0.5, 0.6) is 0 Å². The van der Waals surface area contributed by atoms with Crippen LogP contribution in [0, 0.1) is 11.3 Å². The molecule has 0 spiro atoms. The Morgan fingerprint density at radius 3 is 2.90 bits per heavy atom. The number of nitrogens with zero attached hydrogens (tertiary/aromatic N) is 2. The number of carbonyl (C=O) groups is 1. The van der Waals surface area contributed by atoms with Crippen molar-refractivity contribution >= 4 is 28.4 Å². The number of hydrogen-bond donors (Lipinski definition) is 3. The highest BCUT2D eigenvalue weighted by atomic mass is 16.5. The van der Waals surface area contributed by atoms with Crippen LogP contribution in [0.2, 0.25) is 0 Å². The molecule has 1 heterocycles. The predicted molar refractivity (Wildman–Crippen MR) is 72.2 cm³/mol. The zero-order chi connectivity index (χ0) is 14.5. The lowest BCUT2D eigenvalue weighted by molar-refractivity contribution is -0.134. The minimum atomic E-state index is -0.793. The summed E-state index contributed by atoms with van der Waals surface area (Å²) < 4.78 is 4.67. The number of hydrogen-bond acceptors (Lipinski definition) is 6. The fourth-order valence-electron chi connectivity index (χ4n) is 1.54. The number of aromatic nitrogens is 2. The van der Waals surface area contributed by atoms with E-state index in [2.05, 4.69) is 25.2 Å². The molecule has 0 fully saturated rings. The third-order valence-electron chi connectivity index (χ3n) is 2.39. The molecule has 1 aromatic heterocycles. The maximum Gasteiger partial charge on any atom is 0.369 e. The predicted octanol–water partition coefficient (Wildman–Crippen LogP) is 0.711. The quantitative estimate of drug-likeness (QED) is 0.430. The first kappa shape index (κ1) is 13.4. The van der Waals surface area contributed by atoms with E-state index in [-0.39, 0.29) is 18.0 Å². The van der Waals surface area contributed by atoms with Crippen LogP contribution in [0.4, 0.5) is 5.69 Å². The molecule has 8 nitrogen and oxygen atoms in total. The molecule has 1 aromatic carbocycles. The van der Waals surface area contributed by atoms with Crippen molar-refractivity contribution in [3.63, 3.8) is 0 Å². The number of nitrogens with one attached hydrogen (secondary N) is 3. The minimum Gasteiger partial charge on any atom is -0.461 e. The minimum absolute atomic E-state index is 0.163. The Balaban J connectivity index is 2.21. The summed E-state index contributed by atoms with van der Waals surface area (Å²) in [5.74, 6) is -0.793. The Morgan fingerprint density at radius 1 is 1.45 bits per heavy atom. The number of hydrazone groups is 1. The number of rotatable bonds is 4. The van der Waals surface area contributed by atoms with Gasteiger partial charge in [0.1, 0.15) is 6.07 Å². The van der Waals surface area contributed by atoms with E-state index in [0.29, 0.717) is 16.7 Å². The van der Waals surface area contributed by atoms with Gasteiger partial charge in [0.25, 0.3) is 0 Å². The molecule has 0 aliphatic heterocycles. The summed E-state index contributed by atoms with van der Waals surface area (Å²) in [7, 11) is 0. The van der Waals surface area contributed by atoms with E-state index in [1.54, 1.807) is 31.2 Å². The number of esters is 1.